The van der Waals surface area contributed by atoms with Gasteiger partial charge in [0.15, 0.2) is 34.6 Å². The van der Waals surface area contributed by atoms with E-state index in [9.17, 15) is 40.4 Å². The molecule has 0 unspecified atom stereocenters. The van der Waals surface area contributed by atoms with Gasteiger partial charge in [0.2, 0.25) is 20.9 Å². The van der Waals surface area contributed by atoms with E-state index in [1.807, 2.05) is 7.05 Å². The molecule has 0 saturated carbocycles. The first-order valence-electron chi connectivity index (χ1n) is 24.0. The van der Waals surface area contributed by atoms with Crippen LogP contribution in [-0.2, 0) is 28.7 Å². The van der Waals surface area contributed by atoms with Gasteiger partial charge in [-0.1, -0.05) is 7.43 Å². The minimum absolute atomic E-state index is 0. The van der Waals surface area contributed by atoms with Gasteiger partial charge in [0.05, 0.1) is 35.9 Å². The highest BCUT2D eigenvalue weighted by Crippen LogP contribution is 2.31. The Morgan fingerprint density at radius 3 is 1.81 bits per heavy atom. The minimum Gasteiger partial charge on any atom is -0.448 e. The summed E-state index contributed by atoms with van der Waals surface area (Å²) in [5.41, 5.74) is 5.25. The molecular formula is C51H59ClF4N14O8S. The third kappa shape index (κ3) is 14.9. The van der Waals surface area contributed by atoms with Gasteiger partial charge in [0, 0.05) is 87.7 Å². The van der Waals surface area contributed by atoms with Gasteiger partial charge in [-0.3, -0.25) is 28.1 Å². The summed E-state index contributed by atoms with van der Waals surface area (Å²) < 4.78 is 102. The molecule has 0 bridgehead atoms. The molecule has 0 radical (unpaired) electrons. The second-order valence-corrected chi connectivity index (χ2v) is 21.0. The number of nitrogens with two attached hydrogens (primary N) is 1. The standard InChI is InChI=1S/C24H26F2N4O6S.C22H21F2N7O2.C4H7N3.CH4.ClH/c1-24(2,3)36-23(32)29-9-5-6-16(13-29)30-20-14(12-27-22(28-20)37(4,33)34)10-19(21(30)31)35-18-8-7-15(25)11-17(18)26;1-30-12-15(10-27-30)28-22-26-9-13-7-19(33-18-5-4-14(23)8-17(18)24)21(32)31(20(13)29-22)16-3-2-6-25-11-16;1-7-3-4(5)2-6-7;;/h7-8,10-12,16H,5-6,9,13H2,1-4H3;4-5,7-10,12,16,25H,2-3,6,11H2,1H3,(H,26,28,29);2-3H,5H2,1H3;1H4;1H/t2*16-;;;/m11.../s1. The first-order valence-corrected chi connectivity index (χ1v) is 25.9. The molecule has 4 N–H and O–H groups in total. The molecule has 2 saturated heterocycles. The molecular weight excluding hydrogens is 1080 g/mol. The van der Waals surface area contributed by atoms with Gasteiger partial charge in [-0.05, 0) is 89.4 Å². The zero-order valence-electron chi connectivity index (χ0n) is 43.0. The highest BCUT2D eigenvalue weighted by molar-refractivity contribution is 7.90. The number of anilines is 3. The molecule has 422 valence electrons. The second kappa shape index (κ2) is 25.1. The number of likely N-dealkylation sites (tertiary alicyclic amines) is 1. The summed E-state index contributed by atoms with van der Waals surface area (Å²) in [4.78, 5) is 58.2. The summed E-state index contributed by atoms with van der Waals surface area (Å²) in [6.07, 6.45) is 12.6. The van der Waals surface area contributed by atoms with Gasteiger partial charge in [0.25, 0.3) is 11.1 Å². The maximum Gasteiger partial charge on any atom is 0.410 e. The number of pyridine rings is 2. The molecule has 22 nitrogen and oxygen atoms in total. The van der Waals surface area contributed by atoms with Crippen LogP contribution in [0.3, 0.4) is 0 Å². The van der Waals surface area contributed by atoms with Gasteiger partial charge in [-0.15, -0.1) is 12.4 Å². The van der Waals surface area contributed by atoms with Crippen molar-refractivity contribution in [3.05, 3.63) is 130 Å². The number of ether oxygens (including phenoxy) is 3. The third-order valence-electron chi connectivity index (χ3n) is 11.8. The van der Waals surface area contributed by atoms with Crippen molar-refractivity contribution in [2.24, 2.45) is 14.1 Å². The summed E-state index contributed by atoms with van der Waals surface area (Å²) in [6.45, 7) is 7.15. The number of halogens is 5. The maximum absolute atomic E-state index is 14.3. The molecule has 8 heterocycles. The number of benzene rings is 2. The fourth-order valence-electron chi connectivity index (χ4n) is 8.36. The van der Waals surface area contributed by atoms with E-state index < -0.39 is 67.1 Å². The lowest BCUT2D eigenvalue weighted by molar-refractivity contribution is 0.0172. The molecule has 2 aliphatic heterocycles. The fraction of sp³-hybridized carbons (Fsp3) is 0.353. The molecule has 2 fully saturated rings. The van der Waals surface area contributed by atoms with Crippen LogP contribution < -0.4 is 37.0 Å². The first-order chi connectivity index (χ1) is 36.5. The number of hydrogen-bond acceptors (Lipinski definition) is 17. The van der Waals surface area contributed by atoms with Crippen LogP contribution in [0.25, 0.3) is 22.1 Å². The number of rotatable bonds is 9. The summed E-state index contributed by atoms with van der Waals surface area (Å²) >= 11 is 0. The van der Waals surface area contributed by atoms with Crippen molar-refractivity contribution < 1.29 is 45.0 Å². The van der Waals surface area contributed by atoms with Gasteiger partial charge < -0.3 is 35.5 Å². The number of carbonyl (C=O) groups is 1. The average molecular weight is 1140 g/mol. The molecule has 2 atom stereocenters. The van der Waals surface area contributed by atoms with E-state index in [0.717, 1.165) is 49.9 Å². The lowest BCUT2D eigenvalue weighted by atomic mass is 10.1. The Bertz CT molecular complexity index is 3700. The summed E-state index contributed by atoms with van der Waals surface area (Å²) in [7, 11) is -0.179. The Kier molecular flexibility index (Phi) is 19.1. The number of hydrogen-bond donors (Lipinski definition) is 3. The minimum atomic E-state index is -3.81. The largest absolute Gasteiger partial charge is 0.448 e. The number of sulfone groups is 1. The van der Waals surface area contributed by atoms with E-state index in [4.69, 9.17) is 19.9 Å². The summed E-state index contributed by atoms with van der Waals surface area (Å²) in [6, 6.07) is 7.53. The van der Waals surface area contributed by atoms with Crippen LogP contribution in [-0.4, -0.2) is 106 Å². The van der Waals surface area contributed by atoms with E-state index in [-0.39, 0.29) is 66.5 Å². The third-order valence-corrected chi connectivity index (χ3v) is 12.6. The van der Waals surface area contributed by atoms with Crippen LogP contribution in [0.2, 0.25) is 0 Å². The first kappa shape index (κ1) is 60.1. The Morgan fingerprint density at radius 2 is 1.32 bits per heavy atom. The van der Waals surface area contributed by atoms with Crippen LogP contribution >= 0.6 is 12.4 Å². The Morgan fingerprint density at radius 1 is 0.759 bits per heavy atom. The van der Waals surface area contributed by atoms with E-state index in [1.165, 1.54) is 27.8 Å². The fourth-order valence-corrected chi connectivity index (χ4v) is 8.85. The van der Waals surface area contributed by atoms with Crippen molar-refractivity contribution in [1.29, 1.82) is 0 Å². The summed E-state index contributed by atoms with van der Waals surface area (Å²) in [5.74, 6) is -4.15. The highest BCUT2D eigenvalue weighted by Gasteiger charge is 2.32. The Balaban J connectivity index is 0.000000222. The highest BCUT2D eigenvalue weighted by atomic mass is 35.5. The zero-order chi connectivity index (χ0) is 55.3. The number of fused-ring (bicyclic) bond motifs is 2. The number of piperidine rings is 2. The Hall–Kier alpha value is -8.17. The van der Waals surface area contributed by atoms with Gasteiger partial charge in [0.1, 0.15) is 28.5 Å². The van der Waals surface area contributed by atoms with Crippen molar-refractivity contribution in [2.75, 3.05) is 43.5 Å². The zero-order valence-corrected chi connectivity index (χ0v) is 44.6. The van der Waals surface area contributed by atoms with Crippen molar-refractivity contribution >= 4 is 67.7 Å². The number of aryl methyl sites for hydroxylation is 2. The van der Waals surface area contributed by atoms with Gasteiger partial charge in [-0.2, -0.15) is 20.2 Å². The monoisotopic (exact) mass is 1140 g/mol. The molecule has 1 amide bonds. The molecule has 10 rings (SSSR count). The predicted molar refractivity (Wildman–Crippen MR) is 289 cm³/mol. The van der Waals surface area contributed by atoms with E-state index >= 15 is 0 Å². The topological polar surface area (TPSA) is 263 Å². The van der Waals surface area contributed by atoms with Crippen molar-refractivity contribution in [3.8, 4) is 23.0 Å². The van der Waals surface area contributed by atoms with Crippen LogP contribution in [0.15, 0.2) is 100 Å². The average Bonchev–Trinajstić information content (AvgIpc) is 3.97. The van der Waals surface area contributed by atoms with E-state index in [2.05, 4.69) is 40.8 Å². The van der Waals surface area contributed by atoms with Crippen LogP contribution in [0, 0.1) is 23.3 Å². The second-order valence-electron chi connectivity index (χ2n) is 19.1. The van der Waals surface area contributed by atoms with Crippen LogP contribution in [0.1, 0.15) is 66.0 Å². The lowest BCUT2D eigenvalue weighted by Gasteiger charge is -2.35. The van der Waals surface area contributed by atoms with Gasteiger partial charge in [-0.25, -0.2) is 40.7 Å². The van der Waals surface area contributed by atoms with E-state index in [0.29, 0.717) is 66.4 Å². The van der Waals surface area contributed by atoms with Crippen molar-refractivity contribution in [2.45, 2.75) is 76.7 Å². The molecule has 79 heavy (non-hydrogen) atoms. The molecule has 6 aromatic heterocycles. The summed E-state index contributed by atoms with van der Waals surface area (Å²) in [5, 5.41) is 14.6. The number of amides is 1. The smallest absolute Gasteiger partial charge is 0.410 e. The van der Waals surface area contributed by atoms with Crippen molar-refractivity contribution in [1.82, 2.24) is 58.8 Å². The lowest BCUT2D eigenvalue weighted by Crippen LogP contribution is -2.45. The van der Waals surface area contributed by atoms with Crippen molar-refractivity contribution in [3.63, 3.8) is 0 Å². The molecule has 2 aromatic carbocycles. The molecule has 2 aliphatic rings. The SMILES string of the molecule is C.CC(C)(C)OC(=O)N1CCC[C@@H](n2c(=O)c(Oc3ccc(F)cc3F)cc3cnc(S(C)(=O)=O)nc32)C1.Cl.Cn1cc(N)cn1.Cn1cc(Nc2ncc3cc(Oc4ccc(F)cc4F)c(=O)n([C@@H]4CCCNC4)c3n2)cn1. The van der Waals surface area contributed by atoms with Crippen LogP contribution in [0.4, 0.5) is 39.7 Å². The van der Waals surface area contributed by atoms with Crippen LogP contribution in [0.5, 0.6) is 23.0 Å². The number of nitrogens with zero attached hydrogens (tertiary/aromatic N) is 11. The molecule has 28 heteroatoms. The number of carbonyl (C=O) groups excluding carboxylic acids is 1. The van der Waals surface area contributed by atoms with Gasteiger partial charge >= 0.3 is 6.09 Å². The Labute approximate surface area is 456 Å². The normalized spacial score (nSPS) is 15.3. The number of nitrogen functional groups attached to an aromatic ring is 1. The molecule has 0 spiro atoms. The van der Waals surface area contributed by atoms with E-state index in [1.54, 1.807) is 72.7 Å². The number of nitrogens with one attached hydrogen (secondary N) is 2. The quantitative estimate of drug-likeness (QED) is 0.0909. The molecule has 8 aromatic rings. The maximum atomic E-state index is 14.3. The number of aromatic nitrogens is 10. The molecule has 0 aliphatic carbocycles. The predicted octanol–water partition coefficient (Wildman–Crippen LogP) is 8.16.